The first-order valence-corrected chi connectivity index (χ1v) is 7.64. The van der Waals surface area contributed by atoms with Crippen molar-refractivity contribution in [2.24, 2.45) is 11.8 Å². The molecule has 1 aliphatic rings. The third-order valence-electron chi connectivity index (χ3n) is 4.25. The van der Waals surface area contributed by atoms with E-state index in [1.54, 1.807) is 6.07 Å². The Morgan fingerprint density at radius 1 is 1.40 bits per heavy atom. The molecular weight excluding hydrogens is 276 g/mol. The summed E-state index contributed by atoms with van der Waals surface area (Å²) in [5, 5.41) is 10.9. The first-order valence-electron chi connectivity index (χ1n) is 7.11. The minimum absolute atomic E-state index is 0.112. The number of benzene rings is 1. The van der Waals surface area contributed by atoms with Crippen LogP contribution in [0.1, 0.15) is 32.3 Å². The van der Waals surface area contributed by atoms with Crippen LogP contribution >= 0.6 is 11.6 Å². The van der Waals surface area contributed by atoms with Gasteiger partial charge in [-0.25, -0.2) is 0 Å². The lowest BCUT2D eigenvalue weighted by Gasteiger charge is -2.35. The second-order valence-corrected chi connectivity index (χ2v) is 6.04. The van der Waals surface area contributed by atoms with Gasteiger partial charge in [0, 0.05) is 30.4 Å². The van der Waals surface area contributed by atoms with E-state index >= 15 is 0 Å². The van der Waals surface area contributed by atoms with Gasteiger partial charge in [0.2, 0.25) is 0 Å². The summed E-state index contributed by atoms with van der Waals surface area (Å²) in [5.41, 5.74) is 1.76. The lowest BCUT2D eigenvalue weighted by Crippen LogP contribution is -2.35. The van der Waals surface area contributed by atoms with Gasteiger partial charge in [-0.2, -0.15) is 0 Å². The van der Waals surface area contributed by atoms with E-state index in [0.717, 1.165) is 30.6 Å². The highest BCUT2D eigenvalue weighted by Gasteiger charge is 2.23. The lowest BCUT2D eigenvalue weighted by atomic mass is 9.86. The summed E-state index contributed by atoms with van der Waals surface area (Å²) in [7, 11) is 0. The molecule has 110 valence electrons. The molecule has 0 aromatic heterocycles. The first-order chi connectivity index (χ1) is 9.52. The van der Waals surface area contributed by atoms with E-state index in [2.05, 4.69) is 18.7 Å². The van der Waals surface area contributed by atoms with Gasteiger partial charge in [-0.05, 0) is 36.8 Å². The van der Waals surface area contributed by atoms with Crippen LogP contribution in [-0.4, -0.2) is 18.0 Å². The summed E-state index contributed by atoms with van der Waals surface area (Å²) in [6, 6.07) is 5.27. The average Bonchev–Trinajstić information content (AvgIpc) is 2.46. The number of rotatable bonds is 4. The van der Waals surface area contributed by atoms with Crippen LogP contribution in [0.5, 0.6) is 0 Å². The Balaban J connectivity index is 2.12. The quantitative estimate of drug-likeness (QED) is 0.475. The van der Waals surface area contributed by atoms with Gasteiger partial charge in [-0.15, -0.1) is 11.6 Å². The Morgan fingerprint density at radius 3 is 2.55 bits per heavy atom. The van der Waals surface area contributed by atoms with Gasteiger partial charge in [0.25, 0.3) is 5.69 Å². The van der Waals surface area contributed by atoms with Crippen LogP contribution in [0, 0.1) is 22.0 Å². The molecule has 1 fully saturated rings. The van der Waals surface area contributed by atoms with Gasteiger partial charge >= 0.3 is 0 Å². The molecular formula is C15H21ClN2O2. The Labute approximate surface area is 124 Å². The number of nitrogens with zero attached hydrogens (tertiary/aromatic N) is 2. The number of piperidine rings is 1. The van der Waals surface area contributed by atoms with Crippen LogP contribution in [0.25, 0.3) is 0 Å². The van der Waals surface area contributed by atoms with Gasteiger partial charge < -0.3 is 4.90 Å². The van der Waals surface area contributed by atoms with Crippen LogP contribution in [0.15, 0.2) is 18.2 Å². The molecule has 20 heavy (non-hydrogen) atoms. The van der Waals surface area contributed by atoms with E-state index < -0.39 is 0 Å². The van der Waals surface area contributed by atoms with Crippen molar-refractivity contribution in [3.05, 3.63) is 33.9 Å². The van der Waals surface area contributed by atoms with E-state index in [1.807, 2.05) is 12.1 Å². The maximum Gasteiger partial charge on any atom is 0.273 e. The van der Waals surface area contributed by atoms with Crippen molar-refractivity contribution in [2.75, 3.05) is 18.0 Å². The smallest absolute Gasteiger partial charge is 0.273 e. The number of anilines is 1. The van der Waals surface area contributed by atoms with Gasteiger partial charge in [0.1, 0.15) is 0 Å². The van der Waals surface area contributed by atoms with Crippen LogP contribution in [0.4, 0.5) is 11.4 Å². The maximum absolute atomic E-state index is 10.9. The number of nitro groups is 1. The van der Waals surface area contributed by atoms with Gasteiger partial charge in [-0.1, -0.05) is 13.8 Å². The summed E-state index contributed by atoms with van der Waals surface area (Å²) >= 11 is 5.83. The molecule has 0 saturated carbocycles. The fraction of sp³-hybridized carbons (Fsp3) is 0.600. The Kier molecular flexibility index (Phi) is 4.86. The summed E-state index contributed by atoms with van der Waals surface area (Å²) in [6.07, 6.45) is 2.37. The molecule has 5 heteroatoms. The molecule has 0 radical (unpaired) electrons. The van der Waals surface area contributed by atoms with E-state index in [1.165, 1.54) is 12.8 Å². The van der Waals surface area contributed by atoms with Crippen LogP contribution in [0.2, 0.25) is 0 Å². The SMILES string of the molecule is CC(C)C1CCN(c2ccc([N+](=O)[O-])c(CCl)c2)CC1. The number of alkyl halides is 1. The third kappa shape index (κ3) is 3.23. The summed E-state index contributed by atoms with van der Waals surface area (Å²) in [4.78, 5) is 12.9. The van der Waals surface area contributed by atoms with Crippen LogP contribution < -0.4 is 4.90 Å². The molecule has 0 aliphatic carbocycles. The summed E-state index contributed by atoms with van der Waals surface area (Å²) in [6.45, 7) is 6.58. The molecule has 0 unspecified atom stereocenters. The highest BCUT2D eigenvalue weighted by Crippen LogP contribution is 2.31. The number of hydrogen-bond donors (Lipinski definition) is 0. The molecule has 1 aliphatic heterocycles. The van der Waals surface area contributed by atoms with Crippen molar-refractivity contribution in [1.82, 2.24) is 0 Å². The molecule has 0 N–H and O–H groups in total. The van der Waals surface area contributed by atoms with Crippen LogP contribution in [0.3, 0.4) is 0 Å². The monoisotopic (exact) mass is 296 g/mol. The predicted molar refractivity (Wildman–Crippen MR) is 82.4 cm³/mol. The second-order valence-electron chi connectivity index (χ2n) is 5.77. The standard InChI is InChI=1S/C15H21ClN2O2/c1-11(2)12-5-7-17(8-6-12)14-3-4-15(18(19)20)13(9-14)10-16/h3-4,9,11-12H,5-8,10H2,1-2H3. The highest BCUT2D eigenvalue weighted by atomic mass is 35.5. The van der Waals surface area contributed by atoms with E-state index in [-0.39, 0.29) is 16.5 Å². The number of halogens is 1. The van der Waals surface area contributed by atoms with Crippen molar-refractivity contribution in [3.63, 3.8) is 0 Å². The summed E-state index contributed by atoms with van der Waals surface area (Å²) < 4.78 is 0. The molecule has 2 rings (SSSR count). The third-order valence-corrected chi connectivity index (χ3v) is 4.54. The first kappa shape index (κ1) is 15.1. The van der Waals surface area contributed by atoms with Crippen LogP contribution in [-0.2, 0) is 5.88 Å². The van der Waals surface area contributed by atoms with Crippen molar-refractivity contribution < 1.29 is 4.92 Å². The number of nitro benzene ring substituents is 1. The topological polar surface area (TPSA) is 46.4 Å². The predicted octanol–water partition coefficient (Wildman–Crippen LogP) is 4.21. The molecule has 1 saturated heterocycles. The van der Waals surface area contributed by atoms with Gasteiger partial charge in [0.15, 0.2) is 0 Å². The van der Waals surface area contributed by atoms with E-state index in [9.17, 15) is 10.1 Å². The minimum Gasteiger partial charge on any atom is -0.372 e. The largest absolute Gasteiger partial charge is 0.372 e. The lowest BCUT2D eigenvalue weighted by molar-refractivity contribution is -0.385. The average molecular weight is 297 g/mol. The molecule has 0 bridgehead atoms. The molecule has 0 spiro atoms. The van der Waals surface area contributed by atoms with Gasteiger partial charge in [-0.3, -0.25) is 10.1 Å². The molecule has 1 aromatic carbocycles. The van der Waals surface area contributed by atoms with Crippen molar-refractivity contribution in [2.45, 2.75) is 32.6 Å². The molecule has 1 aromatic rings. The van der Waals surface area contributed by atoms with E-state index in [0.29, 0.717) is 5.56 Å². The fourth-order valence-electron chi connectivity index (χ4n) is 2.88. The normalized spacial score (nSPS) is 16.7. The summed E-state index contributed by atoms with van der Waals surface area (Å²) in [5.74, 6) is 1.69. The molecule has 0 amide bonds. The number of hydrogen-bond acceptors (Lipinski definition) is 3. The Hall–Kier alpha value is -1.29. The van der Waals surface area contributed by atoms with Crippen molar-refractivity contribution >= 4 is 23.0 Å². The second kappa shape index (κ2) is 6.44. The highest BCUT2D eigenvalue weighted by molar-refractivity contribution is 6.17. The molecule has 1 heterocycles. The molecule has 0 atom stereocenters. The minimum atomic E-state index is -0.369. The molecule has 4 nitrogen and oxygen atoms in total. The van der Waals surface area contributed by atoms with Gasteiger partial charge in [0.05, 0.1) is 10.8 Å². The Morgan fingerprint density at radius 2 is 2.05 bits per heavy atom. The fourth-order valence-corrected chi connectivity index (χ4v) is 3.09. The zero-order chi connectivity index (χ0) is 14.7. The zero-order valence-electron chi connectivity index (χ0n) is 12.0. The van der Waals surface area contributed by atoms with Crippen molar-refractivity contribution in [3.8, 4) is 0 Å². The maximum atomic E-state index is 10.9. The van der Waals surface area contributed by atoms with Crippen molar-refractivity contribution in [1.29, 1.82) is 0 Å². The van der Waals surface area contributed by atoms with E-state index in [4.69, 9.17) is 11.6 Å². The zero-order valence-corrected chi connectivity index (χ0v) is 12.8. The Bertz CT molecular complexity index is 483.